The maximum atomic E-state index is 13.1. The summed E-state index contributed by atoms with van der Waals surface area (Å²) in [5.41, 5.74) is 1.03. The van der Waals surface area contributed by atoms with Gasteiger partial charge in [-0.3, -0.25) is 9.69 Å². The third kappa shape index (κ3) is 6.50. The highest BCUT2D eigenvalue weighted by molar-refractivity contribution is 7.89. The quantitative estimate of drug-likeness (QED) is 0.595. The van der Waals surface area contributed by atoms with Gasteiger partial charge in [-0.1, -0.05) is 6.07 Å². The van der Waals surface area contributed by atoms with Crippen LogP contribution in [0.2, 0.25) is 0 Å². The summed E-state index contributed by atoms with van der Waals surface area (Å²) in [6.45, 7) is 5.62. The number of rotatable bonds is 9. The minimum absolute atomic E-state index is 0.177. The summed E-state index contributed by atoms with van der Waals surface area (Å²) in [5.74, 6) is -0.0461. The molecule has 1 fully saturated rings. The monoisotopic (exact) mass is 479 g/mol. The van der Waals surface area contributed by atoms with Gasteiger partial charge in [0.05, 0.1) is 24.2 Å². The van der Waals surface area contributed by atoms with Crippen molar-refractivity contribution < 1.29 is 27.1 Å². The van der Waals surface area contributed by atoms with Gasteiger partial charge in [-0.05, 0) is 62.9 Å². The van der Waals surface area contributed by atoms with Gasteiger partial charge in [-0.15, -0.1) is 0 Å². The van der Waals surface area contributed by atoms with E-state index in [1.807, 2.05) is 4.90 Å². The van der Waals surface area contributed by atoms with E-state index in [1.54, 1.807) is 45.2 Å². The number of amides is 1. The van der Waals surface area contributed by atoms with E-state index in [0.29, 0.717) is 56.5 Å². The van der Waals surface area contributed by atoms with Gasteiger partial charge in [0, 0.05) is 25.3 Å². The van der Waals surface area contributed by atoms with E-state index >= 15 is 0 Å². The highest BCUT2D eigenvalue weighted by Gasteiger charge is 2.28. The Morgan fingerprint density at radius 1 is 1.21 bits per heavy atom. The first-order valence-corrected chi connectivity index (χ1v) is 12.2. The second kappa shape index (κ2) is 11.1. The van der Waals surface area contributed by atoms with E-state index in [0.717, 1.165) is 0 Å². The van der Waals surface area contributed by atoms with Crippen LogP contribution in [0, 0.1) is 12.7 Å². The third-order valence-electron chi connectivity index (χ3n) is 5.61. The van der Waals surface area contributed by atoms with Crippen molar-refractivity contribution in [3.8, 4) is 5.75 Å². The van der Waals surface area contributed by atoms with E-state index < -0.39 is 16.1 Å². The second-order valence-corrected chi connectivity index (χ2v) is 9.85. The highest BCUT2D eigenvalue weighted by atomic mass is 32.2. The van der Waals surface area contributed by atoms with Crippen molar-refractivity contribution in [2.45, 2.75) is 24.8 Å². The lowest BCUT2D eigenvalue weighted by molar-refractivity contribution is -0.120. The molecule has 33 heavy (non-hydrogen) atoms. The molecule has 1 N–H and O–H groups in total. The zero-order valence-corrected chi connectivity index (χ0v) is 19.9. The molecular formula is C23H30FN3O5S. The molecule has 0 spiro atoms. The Bertz CT molecular complexity index is 1060. The second-order valence-electron chi connectivity index (χ2n) is 7.94. The normalized spacial score (nSPS) is 15.9. The molecule has 2 aromatic carbocycles. The Labute approximate surface area is 194 Å². The number of nitrogens with zero attached hydrogens (tertiary/aromatic N) is 2. The van der Waals surface area contributed by atoms with Gasteiger partial charge in [0.25, 0.3) is 0 Å². The first-order chi connectivity index (χ1) is 15.7. The first kappa shape index (κ1) is 25.1. The maximum absolute atomic E-state index is 13.1. The maximum Gasteiger partial charge on any atom is 0.243 e. The van der Waals surface area contributed by atoms with Crippen LogP contribution in [0.4, 0.5) is 10.1 Å². The fourth-order valence-electron chi connectivity index (χ4n) is 3.36. The van der Waals surface area contributed by atoms with Crippen LogP contribution in [0.1, 0.15) is 12.5 Å². The molecule has 3 rings (SSSR count). The predicted octanol–water partition coefficient (Wildman–Crippen LogP) is 2.49. The van der Waals surface area contributed by atoms with Gasteiger partial charge < -0.3 is 14.8 Å². The smallest absolute Gasteiger partial charge is 0.243 e. The summed E-state index contributed by atoms with van der Waals surface area (Å²) in [6, 6.07) is 10.1. The zero-order valence-electron chi connectivity index (χ0n) is 19.1. The molecule has 1 aliphatic heterocycles. The molecule has 1 saturated heterocycles. The fourth-order valence-corrected chi connectivity index (χ4v) is 5.02. The number of sulfonamides is 1. The van der Waals surface area contributed by atoms with Crippen LogP contribution in [-0.2, 0) is 19.6 Å². The van der Waals surface area contributed by atoms with Gasteiger partial charge in [0.2, 0.25) is 15.9 Å². The summed E-state index contributed by atoms with van der Waals surface area (Å²) in [4.78, 5) is 14.8. The third-order valence-corrected chi connectivity index (χ3v) is 7.65. The number of hydrogen-bond donors (Lipinski definition) is 1. The van der Waals surface area contributed by atoms with Crippen molar-refractivity contribution in [1.82, 2.24) is 9.21 Å². The van der Waals surface area contributed by atoms with E-state index in [4.69, 9.17) is 9.47 Å². The van der Waals surface area contributed by atoms with Crippen LogP contribution in [0.25, 0.3) is 0 Å². The number of anilines is 1. The molecule has 1 aliphatic rings. The lowest BCUT2D eigenvalue weighted by Crippen LogP contribution is -2.41. The number of benzene rings is 2. The number of aryl methyl sites for hydroxylation is 1. The Hall–Kier alpha value is -2.53. The Kier molecular flexibility index (Phi) is 8.41. The molecule has 8 nitrogen and oxygen atoms in total. The standard InChI is InChI=1S/C23H30FN3O5S/c1-17-4-7-20(16-22(17)33(29,30)27-11-13-31-14-12-27)25-23(28)18(2)26(3)10-15-32-21-8-5-19(24)6-9-21/h4-9,16,18H,10-15H2,1-3H3,(H,25,28). The topological polar surface area (TPSA) is 88.2 Å². The number of nitrogens with one attached hydrogen (secondary N) is 1. The predicted molar refractivity (Wildman–Crippen MR) is 123 cm³/mol. The highest BCUT2D eigenvalue weighted by Crippen LogP contribution is 2.24. The van der Waals surface area contributed by atoms with Crippen molar-refractivity contribution in [3.05, 3.63) is 53.8 Å². The molecule has 0 bridgehead atoms. The Morgan fingerprint density at radius 3 is 2.55 bits per heavy atom. The first-order valence-electron chi connectivity index (χ1n) is 10.8. The van der Waals surface area contributed by atoms with Crippen molar-refractivity contribution in [2.24, 2.45) is 0 Å². The fraction of sp³-hybridized carbons (Fsp3) is 0.435. The van der Waals surface area contributed by atoms with Crippen LogP contribution >= 0.6 is 0 Å². The minimum atomic E-state index is -3.68. The summed E-state index contributed by atoms with van der Waals surface area (Å²) in [7, 11) is -1.88. The molecule has 2 aromatic rings. The molecule has 1 unspecified atom stereocenters. The number of halogens is 1. The van der Waals surface area contributed by atoms with Crippen molar-refractivity contribution in [1.29, 1.82) is 0 Å². The lowest BCUT2D eigenvalue weighted by atomic mass is 10.2. The van der Waals surface area contributed by atoms with Gasteiger partial charge in [0.1, 0.15) is 18.2 Å². The number of carbonyl (C=O) groups is 1. The molecule has 1 amide bonds. The van der Waals surface area contributed by atoms with Gasteiger partial charge in [-0.25, -0.2) is 12.8 Å². The average Bonchev–Trinajstić information content (AvgIpc) is 2.81. The average molecular weight is 480 g/mol. The lowest BCUT2D eigenvalue weighted by Gasteiger charge is -2.27. The number of morpholine rings is 1. The van der Waals surface area contributed by atoms with Crippen LogP contribution < -0.4 is 10.1 Å². The van der Waals surface area contributed by atoms with Crippen molar-refractivity contribution >= 4 is 21.6 Å². The van der Waals surface area contributed by atoms with E-state index in [1.165, 1.54) is 22.5 Å². The van der Waals surface area contributed by atoms with Gasteiger partial charge in [0.15, 0.2) is 0 Å². The van der Waals surface area contributed by atoms with E-state index in [2.05, 4.69) is 5.32 Å². The number of carbonyl (C=O) groups excluding carboxylic acids is 1. The number of likely N-dealkylation sites (N-methyl/N-ethyl adjacent to an activating group) is 1. The summed E-state index contributed by atoms with van der Waals surface area (Å²) in [6.07, 6.45) is 0. The molecule has 1 heterocycles. The zero-order chi connectivity index (χ0) is 24.0. The SMILES string of the molecule is Cc1ccc(NC(=O)C(C)N(C)CCOc2ccc(F)cc2)cc1S(=O)(=O)N1CCOCC1. The molecule has 0 saturated carbocycles. The molecule has 10 heteroatoms. The molecular weight excluding hydrogens is 449 g/mol. The minimum Gasteiger partial charge on any atom is -0.492 e. The van der Waals surface area contributed by atoms with Crippen LogP contribution in [-0.4, -0.2) is 76.1 Å². The van der Waals surface area contributed by atoms with E-state index in [-0.39, 0.29) is 16.6 Å². The van der Waals surface area contributed by atoms with Crippen LogP contribution in [0.15, 0.2) is 47.4 Å². The largest absolute Gasteiger partial charge is 0.492 e. The molecule has 0 aromatic heterocycles. The van der Waals surface area contributed by atoms with E-state index in [9.17, 15) is 17.6 Å². The van der Waals surface area contributed by atoms with Crippen LogP contribution in [0.5, 0.6) is 5.75 Å². The molecule has 0 aliphatic carbocycles. The number of hydrogen-bond acceptors (Lipinski definition) is 6. The summed E-state index contributed by atoms with van der Waals surface area (Å²) < 4.78 is 51.3. The summed E-state index contributed by atoms with van der Waals surface area (Å²) in [5, 5.41) is 2.81. The molecule has 180 valence electrons. The number of ether oxygens (including phenoxy) is 2. The molecule has 0 radical (unpaired) electrons. The van der Waals surface area contributed by atoms with Gasteiger partial charge >= 0.3 is 0 Å². The Morgan fingerprint density at radius 2 is 1.88 bits per heavy atom. The Balaban J connectivity index is 1.59. The molecule has 1 atom stereocenters. The van der Waals surface area contributed by atoms with Crippen LogP contribution in [0.3, 0.4) is 0 Å². The summed E-state index contributed by atoms with van der Waals surface area (Å²) >= 11 is 0. The van der Waals surface area contributed by atoms with Gasteiger partial charge in [-0.2, -0.15) is 4.31 Å². The van der Waals surface area contributed by atoms with Crippen molar-refractivity contribution in [3.63, 3.8) is 0 Å². The van der Waals surface area contributed by atoms with Crippen molar-refractivity contribution in [2.75, 3.05) is 51.8 Å².